The van der Waals surface area contributed by atoms with Crippen LogP contribution in [0.15, 0.2) is 47.1 Å². The van der Waals surface area contributed by atoms with Gasteiger partial charge in [0.2, 0.25) is 0 Å². The highest BCUT2D eigenvalue weighted by Crippen LogP contribution is 2.15. The van der Waals surface area contributed by atoms with Crippen molar-refractivity contribution in [3.05, 3.63) is 48.4 Å². The SMILES string of the molecule is O=C(NC[C@H]1CCCO1)Nc1ccc(NC(=O)c2ccco2)cc1. The van der Waals surface area contributed by atoms with Crippen LogP contribution in [-0.2, 0) is 4.74 Å². The van der Waals surface area contributed by atoms with E-state index < -0.39 is 0 Å². The Hall–Kier alpha value is -2.80. The molecule has 0 bridgehead atoms. The van der Waals surface area contributed by atoms with Crippen molar-refractivity contribution in [1.82, 2.24) is 5.32 Å². The molecule has 0 unspecified atom stereocenters. The lowest BCUT2D eigenvalue weighted by Gasteiger charge is -2.12. The molecule has 2 aromatic rings. The molecule has 126 valence electrons. The topological polar surface area (TPSA) is 92.6 Å². The summed E-state index contributed by atoms with van der Waals surface area (Å²) in [5.41, 5.74) is 1.25. The van der Waals surface area contributed by atoms with Crippen molar-refractivity contribution in [1.29, 1.82) is 0 Å². The first-order chi connectivity index (χ1) is 11.7. The van der Waals surface area contributed by atoms with Gasteiger partial charge in [0.25, 0.3) is 5.91 Å². The predicted molar refractivity (Wildman–Crippen MR) is 89.1 cm³/mol. The number of anilines is 2. The van der Waals surface area contributed by atoms with Crippen LogP contribution < -0.4 is 16.0 Å². The lowest BCUT2D eigenvalue weighted by atomic mass is 10.2. The highest BCUT2D eigenvalue weighted by Gasteiger charge is 2.16. The van der Waals surface area contributed by atoms with E-state index in [1.165, 1.54) is 6.26 Å². The molecule has 1 fully saturated rings. The predicted octanol–water partition coefficient (Wildman–Crippen LogP) is 2.83. The van der Waals surface area contributed by atoms with Gasteiger partial charge >= 0.3 is 6.03 Å². The molecule has 1 saturated heterocycles. The molecule has 1 aromatic heterocycles. The standard InChI is InChI=1S/C17H19N3O4/c21-16(15-4-2-10-24-15)19-12-5-7-13(8-6-12)20-17(22)18-11-14-3-1-9-23-14/h2,4-8,10,14H,1,3,9,11H2,(H,19,21)(H2,18,20,22)/t14-/m1/s1. The zero-order chi connectivity index (χ0) is 16.8. The van der Waals surface area contributed by atoms with E-state index >= 15 is 0 Å². The number of amides is 3. The Bertz CT molecular complexity index is 676. The molecule has 7 nitrogen and oxygen atoms in total. The number of hydrogen-bond donors (Lipinski definition) is 3. The molecule has 2 heterocycles. The Morgan fingerprint density at radius 2 is 1.83 bits per heavy atom. The van der Waals surface area contributed by atoms with Crippen LogP contribution in [0.4, 0.5) is 16.2 Å². The Balaban J connectivity index is 1.47. The lowest BCUT2D eigenvalue weighted by Crippen LogP contribution is -2.35. The largest absolute Gasteiger partial charge is 0.459 e. The average Bonchev–Trinajstić information content (AvgIpc) is 3.28. The summed E-state index contributed by atoms with van der Waals surface area (Å²) in [5.74, 6) is -0.0827. The van der Waals surface area contributed by atoms with Gasteiger partial charge in [-0.25, -0.2) is 4.79 Å². The molecule has 3 N–H and O–H groups in total. The average molecular weight is 329 g/mol. The number of carbonyl (C=O) groups is 2. The zero-order valence-corrected chi connectivity index (χ0v) is 13.1. The number of ether oxygens (including phenoxy) is 1. The maximum atomic E-state index is 11.9. The molecule has 3 rings (SSSR count). The molecule has 0 aliphatic carbocycles. The van der Waals surface area contributed by atoms with E-state index in [0.717, 1.165) is 19.4 Å². The smallest absolute Gasteiger partial charge is 0.319 e. The van der Waals surface area contributed by atoms with Gasteiger partial charge in [-0.2, -0.15) is 0 Å². The molecule has 1 atom stereocenters. The van der Waals surface area contributed by atoms with E-state index in [2.05, 4.69) is 16.0 Å². The second kappa shape index (κ2) is 7.65. The zero-order valence-electron chi connectivity index (χ0n) is 13.1. The Morgan fingerprint density at radius 3 is 2.46 bits per heavy atom. The van der Waals surface area contributed by atoms with E-state index in [1.807, 2.05) is 0 Å². The summed E-state index contributed by atoms with van der Waals surface area (Å²) in [4.78, 5) is 23.7. The van der Waals surface area contributed by atoms with E-state index in [4.69, 9.17) is 9.15 Å². The van der Waals surface area contributed by atoms with Gasteiger partial charge in [0, 0.05) is 24.5 Å². The normalized spacial score (nSPS) is 16.6. The van der Waals surface area contributed by atoms with Crippen molar-refractivity contribution >= 4 is 23.3 Å². The minimum Gasteiger partial charge on any atom is -0.459 e. The number of benzene rings is 1. The van der Waals surface area contributed by atoms with Gasteiger partial charge in [-0.1, -0.05) is 0 Å². The summed E-state index contributed by atoms with van der Waals surface area (Å²) in [6, 6.07) is 9.79. The number of hydrogen-bond acceptors (Lipinski definition) is 4. The molecule has 7 heteroatoms. The summed E-state index contributed by atoms with van der Waals surface area (Å²) in [7, 11) is 0. The van der Waals surface area contributed by atoms with Crippen molar-refractivity contribution in [2.75, 3.05) is 23.8 Å². The highest BCUT2D eigenvalue weighted by molar-refractivity contribution is 6.02. The lowest BCUT2D eigenvalue weighted by molar-refractivity contribution is 0.0996. The van der Waals surface area contributed by atoms with E-state index in [-0.39, 0.29) is 23.8 Å². The minimum absolute atomic E-state index is 0.106. The minimum atomic E-state index is -0.324. The van der Waals surface area contributed by atoms with Crippen molar-refractivity contribution in [3.63, 3.8) is 0 Å². The van der Waals surface area contributed by atoms with Crippen LogP contribution >= 0.6 is 0 Å². The second-order valence-electron chi connectivity index (χ2n) is 5.48. The first-order valence-electron chi connectivity index (χ1n) is 7.82. The molecule has 0 saturated carbocycles. The third-order valence-electron chi connectivity index (χ3n) is 3.66. The third-order valence-corrected chi connectivity index (χ3v) is 3.66. The molecule has 24 heavy (non-hydrogen) atoms. The Morgan fingerprint density at radius 1 is 1.08 bits per heavy atom. The summed E-state index contributed by atoms with van der Waals surface area (Å²) in [5, 5.41) is 8.23. The van der Waals surface area contributed by atoms with Crippen LogP contribution in [0.3, 0.4) is 0 Å². The van der Waals surface area contributed by atoms with Gasteiger partial charge < -0.3 is 25.1 Å². The van der Waals surface area contributed by atoms with Crippen LogP contribution in [0.5, 0.6) is 0 Å². The van der Waals surface area contributed by atoms with Gasteiger partial charge in [-0.3, -0.25) is 4.79 Å². The molecule has 0 radical (unpaired) electrons. The van der Waals surface area contributed by atoms with Crippen molar-refractivity contribution in [3.8, 4) is 0 Å². The molecular formula is C17H19N3O4. The fraction of sp³-hybridized carbons (Fsp3) is 0.294. The van der Waals surface area contributed by atoms with Crippen LogP contribution in [-0.4, -0.2) is 31.2 Å². The van der Waals surface area contributed by atoms with Crippen LogP contribution in [0.25, 0.3) is 0 Å². The monoisotopic (exact) mass is 329 g/mol. The van der Waals surface area contributed by atoms with E-state index in [9.17, 15) is 9.59 Å². The second-order valence-corrected chi connectivity index (χ2v) is 5.48. The van der Waals surface area contributed by atoms with Crippen LogP contribution in [0, 0.1) is 0 Å². The number of carbonyl (C=O) groups excluding carboxylic acids is 2. The van der Waals surface area contributed by atoms with E-state index in [1.54, 1.807) is 36.4 Å². The maximum absolute atomic E-state index is 11.9. The van der Waals surface area contributed by atoms with Gasteiger partial charge in [0.15, 0.2) is 5.76 Å². The summed E-state index contributed by atoms with van der Waals surface area (Å²) in [6.07, 6.45) is 3.57. The van der Waals surface area contributed by atoms with Gasteiger partial charge in [-0.05, 0) is 49.2 Å². The summed E-state index contributed by atoms with van der Waals surface area (Å²) < 4.78 is 10.5. The third kappa shape index (κ3) is 4.36. The summed E-state index contributed by atoms with van der Waals surface area (Å²) >= 11 is 0. The molecule has 0 spiro atoms. The molecular weight excluding hydrogens is 310 g/mol. The molecule has 1 aliphatic rings. The Labute approximate surface area is 139 Å². The molecule has 1 aromatic carbocycles. The fourth-order valence-electron chi connectivity index (χ4n) is 2.42. The number of urea groups is 1. The first-order valence-corrected chi connectivity index (χ1v) is 7.82. The first kappa shape index (κ1) is 16.1. The number of nitrogens with one attached hydrogen (secondary N) is 3. The molecule has 1 aliphatic heterocycles. The maximum Gasteiger partial charge on any atom is 0.319 e. The van der Waals surface area contributed by atoms with Gasteiger partial charge in [0.1, 0.15) is 0 Å². The van der Waals surface area contributed by atoms with Crippen LogP contribution in [0.1, 0.15) is 23.4 Å². The van der Waals surface area contributed by atoms with Gasteiger partial charge in [-0.15, -0.1) is 0 Å². The summed E-state index contributed by atoms with van der Waals surface area (Å²) in [6.45, 7) is 1.27. The fourth-order valence-corrected chi connectivity index (χ4v) is 2.42. The van der Waals surface area contributed by atoms with Crippen LogP contribution in [0.2, 0.25) is 0 Å². The van der Waals surface area contributed by atoms with Gasteiger partial charge in [0.05, 0.1) is 12.4 Å². The number of furan rings is 1. The number of rotatable bonds is 5. The van der Waals surface area contributed by atoms with Crippen molar-refractivity contribution in [2.24, 2.45) is 0 Å². The molecule has 3 amide bonds. The van der Waals surface area contributed by atoms with E-state index in [0.29, 0.717) is 17.9 Å². The highest BCUT2D eigenvalue weighted by atomic mass is 16.5. The Kier molecular flexibility index (Phi) is 5.12. The quantitative estimate of drug-likeness (QED) is 0.786. The van der Waals surface area contributed by atoms with Crippen molar-refractivity contribution in [2.45, 2.75) is 18.9 Å². The van der Waals surface area contributed by atoms with Crippen molar-refractivity contribution < 1.29 is 18.7 Å².